The Hall–Kier alpha value is -1.57. The SMILES string of the molecule is Cc1nc(C2C[C@H](O)[C@@H](CO)O2)nc2nc[nH]c12. The summed E-state index contributed by atoms with van der Waals surface area (Å²) in [6, 6.07) is 0. The maximum absolute atomic E-state index is 9.70. The van der Waals surface area contributed by atoms with Gasteiger partial charge in [-0.25, -0.2) is 15.0 Å². The molecule has 18 heavy (non-hydrogen) atoms. The van der Waals surface area contributed by atoms with Crippen LogP contribution in [0.2, 0.25) is 0 Å². The van der Waals surface area contributed by atoms with Gasteiger partial charge in [0, 0.05) is 6.42 Å². The first-order valence-electron chi connectivity index (χ1n) is 5.81. The van der Waals surface area contributed by atoms with Gasteiger partial charge in [0.05, 0.1) is 24.7 Å². The van der Waals surface area contributed by atoms with Gasteiger partial charge in [0.1, 0.15) is 17.7 Å². The van der Waals surface area contributed by atoms with Crippen molar-refractivity contribution in [2.24, 2.45) is 0 Å². The number of aliphatic hydroxyl groups is 2. The van der Waals surface area contributed by atoms with E-state index in [1.165, 1.54) is 0 Å². The first kappa shape index (κ1) is 11.5. The maximum atomic E-state index is 9.70. The molecule has 3 N–H and O–H groups in total. The summed E-state index contributed by atoms with van der Waals surface area (Å²) in [6.07, 6.45) is 0.321. The highest BCUT2D eigenvalue weighted by molar-refractivity contribution is 5.72. The Morgan fingerprint density at radius 2 is 2.33 bits per heavy atom. The molecule has 7 nitrogen and oxygen atoms in total. The van der Waals surface area contributed by atoms with E-state index in [0.29, 0.717) is 17.9 Å². The van der Waals surface area contributed by atoms with Crippen LogP contribution in [0.1, 0.15) is 24.0 Å². The van der Waals surface area contributed by atoms with Crippen molar-refractivity contribution in [3.8, 4) is 0 Å². The Balaban J connectivity index is 1.95. The van der Waals surface area contributed by atoms with Gasteiger partial charge in [-0.2, -0.15) is 0 Å². The van der Waals surface area contributed by atoms with Gasteiger partial charge in [-0.3, -0.25) is 0 Å². The number of aromatic nitrogens is 4. The third-order valence-electron chi connectivity index (χ3n) is 3.18. The number of aryl methyl sites for hydroxylation is 1. The lowest BCUT2D eigenvalue weighted by atomic mass is 10.1. The number of hydrogen-bond donors (Lipinski definition) is 3. The highest BCUT2D eigenvalue weighted by Gasteiger charge is 2.36. The van der Waals surface area contributed by atoms with Gasteiger partial charge in [-0.15, -0.1) is 0 Å². The molecule has 0 aliphatic carbocycles. The number of nitrogens with zero attached hydrogens (tertiary/aromatic N) is 3. The van der Waals surface area contributed by atoms with Crippen molar-refractivity contribution in [2.45, 2.75) is 31.7 Å². The number of nitrogens with one attached hydrogen (secondary N) is 1. The maximum Gasteiger partial charge on any atom is 0.181 e. The fraction of sp³-hybridized carbons (Fsp3) is 0.545. The summed E-state index contributed by atoms with van der Waals surface area (Å²) in [5.74, 6) is 0.502. The van der Waals surface area contributed by atoms with Crippen LogP contribution in [0.3, 0.4) is 0 Å². The van der Waals surface area contributed by atoms with E-state index in [2.05, 4.69) is 19.9 Å². The predicted octanol–water partition coefficient (Wildman–Crippen LogP) is -0.155. The number of aromatic amines is 1. The number of ether oxygens (including phenoxy) is 1. The van der Waals surface area contributed by atoms with Gasteiger partial charge in [0.2, 0.25) is 0 Å². The summed E-state index contributed by atoms with van der Waals surface area (Å²) in [5.41, 5.74) is 2.18. The topological polar surface area (TPSA) is 104 Å². The molecule has 1 fully saturated rings. The number of fused-ring (bicyclic) bond motifs is 1. The molecular weight excluding hydrogens is 236 g/mol. The largest absolute Gasteiger partial charge is 0.394 e. The molecule has 0 radical (unpaired) electrons. The van der Waals surface area contributed by atoms with Crippen molar-refractivity contribution >= 4 is 11.2 Å². The van der Waals surface area contributed by atoms with Crippen LogP contribution in [-0.4, -0.2) is 49.0 Å². The second-order valence-corrected chi connectivity index (χ2v) is 4.42. The fourth-order valence-corrected chi connectivity index (χ4v) is 2.20. The lowest BCUT2D eigenvalue weighted by molar-refractivity contribution is -0.0246. The summed E-state index contributed by atoms with van der Waals surface area (Å²) in [7, 11) is 0. The van der Waals surface area contributed by atoms with E-state index in [4.69, 9.17) is 9.84 Å². The molecular formula is C11H14N4O3. The first-order valence-corrected chi connectivity index (χ1v) is 5.81. The average molecular weight is 250 g/mol. The molecule has 3 heterocycles. The smallest absolute Gasteiger partial charge is 0.181 e. The quantitative estimate of drug-likeness (QED) is 0.684. The van der Waals surface area contributed by atoms with Crippen LogP contribution in [0.25, 0.3) is 11.2 Å². The minimum Gasteiger partial charge on any atom is -0.394 e. The van der Waals surface area contributed by atoms with Crippen molar-refractivity contribution in [1.82, 2.24) is 19.9 Å². The minimum absolute atomic E-state index is 0.207. The molecule has 0 aromatic carbocycles. The van der Waals surface area contributed by atoms with Crippen LogP contribution < -0.4 is 0 Å². The molecule has 0 amide bonds. The van der Waals surface area contributed by atoms with Crippen LogP contribution in [0, 0.1) is 6.92 Å². The Bertz CT molecular complexity index is 570. The summed E-state index contributed by atoms with van der Waals surface area (Å²) in [5, 5.41) is 18.8. The third kappa shape index (κ3) is 1.76. The highest BCUT2D eigenvalue weighted by atomic mass is 16.5. The normalized spacial score (nSPS) is 28.1. The lowest BCUT2D eigenvalue weighted by Crippen LogP contribution is -2.24. The Morgan fingerprint density at radius 3 is 3.06 bits per heavy atom. The first-order chi connectivity index (χ1) is 8.69. The van der Waals surface area contributed by atoms with Crippen LogP contribution in [0.15, 0.2) is 6.33 Å². The van der Waals surface area contributed by atoms with E-state index in [1.807, 2.05) is 6.92 Å². The van der Waals surface area contributed by atoms with Crippen LogP contribution >= 0.6 is 0 Å². The molecule has 0 spiro atoms. The van der Waals surface area contributed by atoms with E-state index in [-0.39, 0.29) is 6.61 Å². The van der Waals surface area contributed by atoms with E-state index in [1.54, 1.807) is 6.33 Å². The van der Waals surface area contributed by atoms with E-state index < -0.39 is 18.3 Å². The van der Waals surface area contributed by atoms with Crippen molar-refractivity contribution in [3.05, 3.63) is 17.8 Å². The molecule has 1 aliphatic heterocycles. The van der Waals surface area contributed by atoms with Crippen molar-refractivity contribution < 1.29 is 14.9 Å². The second kappa shape index (κ2) is 4.27. The Labute approximate surface area is 103 Å². The number of rotatable bonds is 2. The molecule has 3 atom stereocenters. The van der Waals surface area contributed by atoms with E-state index >= 15 is 0 Å². The molecule has 2 aromatic heterocycles. The minimum atomic E-state index is -0.682. The standard InChI is InChI=1S/C11H14N4O3/c1-5-9-11(13-4-12-9)15-10(14-5)7-2-6(17)8(3-16)18-7/h4,6-8,16-17H,2-3H2,1H3,(H,12,13,14,15)/t6-,7?,8+/m0/s1. The molecule has 3 rings (SSSR count). The highest BCUT2D eigenvalue weighted by Crippen LogP contribution is 2.31. The van der Waals surface area contributed by atoms with Crippen LogP contribution in [0.4, 0.5) is 0 Å². The van der Waals surface area contributed by atoms with Crippen molar-refractivity contribution in [1.29, 1.82) is 0 Å². The third-order valence-corrected chi connectivity index (χ3v) is 3.18. The van der Waals surface area contributed by atoms with Gasteiger partial charge < -0.3 is 19.9 Å². The fourth-order valence-electron chi connectivity index (χ4n) is 2.20. The number of aliphatic hydroxyl groups excluding tert-OH is 2. The van der Waals surface area contributed by atoms with E-state index in [0.717, 1.165) is 11.2 Å². The number of H-pyrrole nitrogens is 1. The van der Waals surface area contributed by atoms with Gasteiger partial charge in [0.15, 0.2) is 11.5 Å². The second-order valence-electron chi connectivity index (χ2n) is 4.42. The zero-order valence-electron chi connectivity index (χ0n) is 9.87. The molecule has 0 bridgehead atoms. The molecule has 1 saturated heterocycles. The average Bonchev–Trinajstić information content (AvgIpc) is 2.95. The summed E-state index contributed by atoms with van der Waals surface area (Å²) in [6.45, 7) is 1.65. The zero-order chi connectivity index (χ0) is 12.7. The molecule has 7 heteroatoms. The van der Waals surface area contributed by atoms with E-state index in [9.17, 15) is 5.11 Å². The monoisotopic (exact) mass is 250 g/mol. The molecule has 0 saturated carbocycles. The summed E-state index contributed by atoms with van der Waals surface area (Å²) >= 11 is 0. The predicted molar refractivity (Wildman–Crippen MR) is 61.7 cm³/mol. The van der Waals surface area contributed by atoms with Gasteiger partial charge in [-0.05, 0) is 6.92 Å². The summed E-state index contributed by atoms with van der Waals surface area (Å²) < 4.78 is 5.53. The van der Waals surface area contributed by atoms with Gasteiger partial charge in [0.25, 0.3) is 0 Å². The number of hydrogen-bond acceptors (Lipinski definition) is 6. The van der Waals surface area contributed by atoms with Crippen molar-refractivity contribution in [3.63, 3.8) is 0 Å². The summed E-state index contributed by atoms with van der Waals surface area (Å²) in [4.78, 5) is 15.7. The van der Waals surface area contributed by atoms with Gasteiger partial charge in [-0.1, -0.05) is 0 Å². The lowest BCUT2D eigenvalue weighted by Gasteiger charge is -2.11. The molecule has 2 aromatic rings. The molecule has 96 valence electrons. The van der Waals surface area contributed by atoms with Crippen LogP contribution in [0.5, 0.6) is 0 Å². The van der Waals surface area contributed by atoms with Gasteiger partial charge >= 0.3 is 0 Å². The molecule has 1 unspecified atom stereocenters. The Morgan fingerprint density at radius 1 is 1.50 bits per heavy atom. The molecule has 1 aliphatic rings. The number of imidazole rings is 1. The zero-order valence-corrected chi connectivity index (χ0v) is 9.87. The van der Waals surface area contributed by atoms with Crippen LogP contribution in [-0.2, 0) is 4.74 Å². The Kier molecular flexibility index (Phi) is 2.73. The van der Waals surface area contributed by atoms with Crippen molar-refractivity contribution in [2.75, 3.05) is 6.61 Å².